The fraction of sp³-hybridized carbons (Fsp3) is 0.812. The molecular weight excluding hydrogens is 240 g/mol. The number of carbonyl (C=O) groups excluding carboxylic acids is 1. The number of aliphatic hydroxyl groups excluding tert-OH is 1. The highest BCUT2D eigenvalue weighted by Gasteiger charge is 2.35. The molecule has 1 aliphatic heterocycles. The molecule has 1 rings (SSSR count). The molecule has 0 aromatic rings. The van der Waals surface area contributed by atoms with Crippen LogP contribution in [0.5, 0.6) is 0 Å². The normalized spacial score (nSPS) is 23.1. The summed E-state index contributed by atoms with van der Waals surface area (Å²) in [4.78, 5) is 11.6. The van der Waals surface area contributed by atoms with Crippen molar-refractivity contribution >= 4 is 5.97 Å². The third kappa shape index (κ3) is 5.35. The second-order valence-corrected chi connectivity index (χ2v) is 5.69. The van der Waals surface area contributed by atoms with E-state index in [0.717, 1.165) is 19.3 Å². The molecule has 0 fully saturated rings. The lowest BCUT2D eigenvalue weighted by Crippen LogP contribution is -2.41. The molecule has 0 bridgehead atoms. The summed E-state index contributed by atoms with van der Waals surface area (Å²) in [6, 6.07) is 0. The Balaban J connectivity index is 2.24. The number of esters is 1. The average Bonchev–Trinajstić information content (AvgIpc) is 2.42. The Morgan fingerprint density at radius 2 is 1.84 bits per heavy atom. The smallest absolute Gasteiger partial charge is 0.334 e. The Morgan fingerprint density at radius 3 is 2.42 bits per heavy atom. The van der Waals surface area contributed by atoms with Crippen LogP contribution in [0.2, 0.25) is 0 Å². The summed E-state index contributed by atoms with van der Waals surface area (Å²) in [5.41, 5.74) is 0.00338. The van der Waals surface area contributed by atoms with E-state index in [1.807, 2.05) is 6.08 Å². The van der Waals surface area contributed by atoms with Crippen molar-refractivity contribution in [3.05, 3.63) is 11.6 Å². The fourth-order valence-electron chi connectivity index (χ4n) is 2.47. The fourth-order valence-corrected chi connectivity index (χ4v) is 2.47. The summed E-state index contributed by atoms with van der Waals surface area (Å²) in [6.45, 7) is 3.91. The van der Waals surface area contributed by atoms with E-state index in [-0.39, 0.29) is 12.6 Å². The van der Waals surface area contributed by atoms with Gasteiger partial charge in [-0.3, -0.25) is 0 Å². The zero-order valence-electron chi connectivity index (χ0n) is 12.4. The SMILES string of the molecule is CCCCCCCCCC1(CO)CC=C(C)C(=O)O1. The van der Waals surface area contributed by atoms with Gasteiger partial charge in [0, 0.05) is 12.0 Å². The summed E-state index contributed by atoms with van der Waals surface area (Å²) in [6.07, 6.45) is 11.9. The van der Waals surface area contributed by atoms with Crippen molar-refractivity contribution in [2.24, 2.45) is 0 Å². The molecule has 0 amide bonds. The van der Waals surface area contributed by atoms with Crippen LogP contribution >= 0.6 is 0 Å². The van der Waals surface area contributed by atoms with Crippen molar-refractivity contribution in [2.75, 3.05) is 6.61 Å². The Labute approximate surface area is 117 Å². The maximum atomic E-state index is 11.6. The summed E-state index contributed by atoms with van der Waals surface area (Å²) < 4.78 is 5.42. The minimum Gasteiger partial charge on any atom is -0.453 e. The molecule has 3 heteroatoms. The van der Waals surface area contributed by atoms with Crippen LogP contribution in [0.25, 0.3) is 0 Å². The molecule has 19 heavy (non-hydrogen) atoms. The van der Waals surface area contributed by atoms with E-state index in [2.05, 4.69) is 6.92 Å². The number of carbonyl (C=O) groups is 1. The first-order valence-electron chi connectivity index (χ1n) is 7.64. The van der Waals surface area contributed by atoms with Gasteiger partial charge in [-0.2, -0.15) is 0 Å². The summed E-state index contributed by atoms with van der Waals surface area (Å²) in [5.74, 6) is -0.275. The van der Waals surface area contributed by atoms with Crippen LogP contribution in [0.1, 0.15) is 71.6 Å². The topological polar surface area (TPSA) is 46.5 Å². The van der Waals surface area contributed by atoms with Gasteiger partial charge in [0.25, 0.3) is 0 Å². The third-order valence-corrected chi connectivity index (χ3v) is 3.94. The molecule has 1 unspecified atom stereocenters. The van der Waals surface area contributed by atoms with Crippen LogP contribution < -0.4 is 0 Å². The maximum Gasteiger partial charge on any atom is 0.334 e. The zero-order valence-corrected chi connectivity index (χ0v) is 12.4. The predicted molar refractivity (Wildman–Crippen MR) is 76.9 cm³/mol. The van der Waals surface area contributed by atoms with Crippen molar-refractivity contribution in [1.82, 2.24) is 0 Å². The lowest BCUT2D eigenvalue weighted by molar-refractivity contribution is -0.162. The molecule has 110 valence electrons. The molecule has 1 atom stereocenters. The standard InChI is InChI=1S/C16H28O3/c1-3-4-5-6-7-8-9-11-16(13-17)12-10-14(2)15(18)19-16/h10,17H,3-9,11-13H2,1-2H3. The maximum absolute atomic E-state index is 11.6. The first kappa shape index (κ1) is 16.2. The van der Waals surface area contributed by atoms with E-state index in [4.69, 9.17) is 4.74 Å². The number of ether oxygens (including phenoxy) is 1. The monoisotopic (exact) mass is 268 g/mol. The molecule has 1 N–H and O–H groups in total. The van der Waals surface area contributed by atoms with Gasteiger partial charge in [0.1, 0.15) is 5.60 Å². The first-order chi connectivity index (χ1) is 9.13. The second kappa shape index (κ2) is 8.36. The molecular formula is C16H28O3. The summed E-state index contributed by atoms with van der Waals surface area (Å²) >= 11 is 0. The van der Waals surface area contributed by atoms with Crippen molar-refractivity contribution in [1.29, 1.82) is 0 Å². The van der Waals surface area contributed by atoms with Gasteiger partial charge in [-0.05, 0) is 19.8 Å². The van der Waals surface area contributed by atoms with Gasteiger partial charge < -0.3 is 9.84 Å². The van der Waals surface area contributed by atoms with Gasteiger partial charge in [0.05, 0.1) is 6.61 Å². The van der Waals surface area contributed by atoms with Crippen molar-refractivity contribution in [3.63, 3.8) is 0 Å². The predicted octanol–water partition coefficient (Wildman–Crippen LogP) is 3.75. The molecule has 0 saturated carbocycles. The quantitative estimate of drug-likeness (QED) is 0.511. The largest absolute Gasteiger partial charge is 0.453 e. The molecule has 1 aliphatic rings. The molecule has 0 aliphatic carbocycles. The van der Waals surface area contributed by atoms with Gasteiger partial charge in [-0.25, -0.2) is 4.79 Å². The summed E-state index contributed by atoms with van der Waals surface area (Å²) in [7, 11) is 0. The van der Waals surface area contributed by atoms with Gasteiger partial charge >= 0.3 is 5.97 Å². The molecule has 0 saturated heterocycles. The molecule has 3 nitrogen and oxygen atoms in total. The number of hydrogen-bond donors (Lipinski definition) is 1. The lowest BCUT2D eigenvalue weighted by atomic mass is 9.90. The van der Waals surface area contributed by atoms with Crippen LogP contribution in [0.15, 0.2) is 11.6 Å². The number of aliphatic hydroxyl groups is 1. The minimum atomic E-state index is -0.653. The van der Waals surface area contributed by atoms with E-state index >= 15 is 0 Å². The second-order valence-electron chi connectivity index (χ2n) is 5.69. The molecule has 0 radical (unpaired) electrons. The Hall–Kier alpha value is -0.830. The van der Waals surface area contributed by atoms with E-state index < -0.39 is 5.60 Å². The minimum absolute atomic E-state index is 0.0711. The average molecular weight is 268 g/mol. The zero-order chi connectivity index (χ0) is 14.1. The highest BCUT2D eigenvalue weighted by atomic mass is 16.6. The van der Waals surface area contributed by atoms with Crippen molar-refractivity contribution < 1.29 is 14.6 Å². The number of cyclic esters (lactones) is 1. The van der Waals surface area contributed by atoms with Crippen LogP contribution in [0, 0.1) is 0 Å². The van der Waals surface area contributed by atoms with E-state index in [9.17, 15) is 9.90 Å². The highest BCUT2D eigenvalue weighted by Crippen LogP contribution is 2.29. The first-order valence-corrected chi connectivity index (χ1v) is 7.64. The Bertz CT molecular complexity index is 309. The molecule has 1 heterocycles. The van der Waals surface area contributed by atoms with Crippen molar-refractivity contribution in [3.8, 4) is 0 Å². The Morgan fingerprint density at radius 1 is 1.21 bits per heavy atom. The number of hydrogen-bond acceptors (Lipinski definition) is 3. The van der Waals surface area contributed by atoms with Crippen LogP contribution in [0.3, 0.4) is 0 Å². The van der Waals surface area contributed by atoms with E-state index in [0.29, 0.717) is 12.0 Å². The van der Waals surface area contributed by atoms with E-state index in [1.165, 1.54) is 32.1 Å². The van der Waals surface area contributed by atoms with Crippen LogP contribution in [-0.2, 0) is 9.53 Å². The van der Waals surface area contributed by atoms with Gasteiger partial charge in [-0.1, -0.05) is 51.5 Å². The molecule has 0 aromatic carbocycles. The van der Waals surface area contributed by atoms with E-state index in [1.54, 1.807) is 6.92 Å². The van der Waals surface area contributed by atoms with Crippen LogP contribution in [-0.4, -0.2) is 23.3 Å². The number of rotatable bonds is 9. The third-order valence-electron chi connectivity index (χ3n) is 3.94. The highest BCUT2D eigenvalue weighted by molar-refractivity contribution is 5.88. The lowest BCUT2D eigenvalue weighted by Gasteiger charge is -2.34. The van der Waals surface area contributed by atoms with Gasteiger partial charge in [0.2, 0.25) is 0 Å². The van der Waals surface area contributed by atoms with Gasteiger partial charge in [-0.15, -0.1) is 0 Å². The van der Waals surface area contributed by atoms with Crippen LogP contribution in [0.4, 0.5) is 0 Å². The molecule has 0 aromatic heterocycles. The molecule has 0 spiro atoms. The Kier molecular flexibility index (Phi) is 7.14. The van der Waals surface area contributed by atoms with Crippen molar-refractivity contribution in [2.45, 2.75) is 77.2 Å². The van der Waals surface area contributed by atoms with Gasteiger partial charge in [0.15, 0.2) is 0 Å². The number of unbranched alkanes of at least 4 members (excludes halogenated alkanes) is 6. The summed E-state index contributed by atoms with van der Waals surface area (Å²) in [5, 5.41) is 9.51.